The molecule has 29 heavy (non-hydrogen) atoms. The van der Waals surface area contributed by atoms with Gasteiger partial charge in [0.05, 0.1) is 30.2 Å². The van der Waals surface area contributed by atoms with Crippen LogP contribution in [0.25, 0.3) is 16.8 Å². The van der Waals surface area contributed by atoms with Gasteiger partial charge in [-0.3, -0.25) is 4.79 Å². The van der Waals surface area contributed by atoms with Crippen LogP contribution in [0.5, 0.6) is 0 Å². The third kappa shape index (κ3) is 4.16. The lowest BCUT2D eigenvalue weighted by atomic mass is 10.1. The Morgan fingerprint density at radius 2 is 1.90 bits per heavy atom. The molecule has 148 valence electrons. The van der Waals surface area contributed by atoms with Gasteiger partial charge in [0.2, 0.25) is 5.91 Å². The van der Waals surface area contributed by atoms with Crippen molar-refractivity contribution in [1.82, 2.24) is 14.7 Å². The Balaban J connectivity index is 1.60. The standard InChI is InChI=1S/C21H16F3N3O2/c22-21(23,24)18-8-16(15-6-7-29-13-15)11-27-12-17(26-20(18)27)9-19(28)25-10-14-4-2-1-3-5-14/h1-8,11-13H,9-10H2,(H,25,28). The Bertz CT molecular complexity index is 1130. The molecule has 3 aromatic heterocycles. The normalized spacial score (nSPS) is 11.7. The van der Waals surface area contributed by atoms with Gasteiger partial charge in [0.1, 0.15) is 5.65 Å². The average molecular weight is 399 g/mol. The largest absolute Gasteiger partial charge is 0.472 e. The van der Waals surface area contributed by atoms with E-state index in [-0.39, 0.29) is 23.7 Å². The molecule has 8 heteroatoms. The van der Waals surface area contributed by atoms with Gasteiger partial charge in [-0.2, -0.15) is 13.2 Å². The first-order valence-corrected chi connectivity index (χ1v) is 8.82. The van der Waals surface area contributed by atoms with Gasteiger partial charge in [0.25, 0.3) is 0 Å². The summed E-state index contributed by atoms with van der Waals surface area (Å²) < 4.78 is 47.0. The molecular formula is C21H16F3N3O2. The number of carbonyl (C=O) groups is 1. The molecule has 0 radical (unpaired) electrons. The smallest absolute Gasteiger partial charge is 0.420 e. The van der Waals surface area contributed by atoms with E-state index in [4.69, 9.17) is 4.42 Å². The number of hydrogen-bond donors (Lipinski definition) is 1. The monoisotopic (exact) mass is 399 g/mol. The number of alkyl halides is 3. The number of amides is 1. The predicted molar refractivity (Wildman–Crippen MR) is 99.9 cm³/mol. The minimum absolute atomic E-state index is 0.118. The lowest BCUT2D eigenvalue weighted by Gasteiger charge is -2.10. The van der Waals surface area contributed by atoms with E-state index in [2.05, 4.69) is 10.3 Å². The van der Waals surface area contributed by atoms with E-state index in [0.717, 1.165) is 11.6 Å². The third-order valence-electron chi connectivity index (χ3n) is 4.44. The summed E-state index contributed by atoms with van der Waals surface area (Å²) in [5.41, 5.74) is 0.942. The number of rotatable bonds is 5. The zero-order valence-corrected chi connectivity index (χ0v) is 15.1. The van der Waals surface area contributed by atoms with E-state index >= 15 is 0 Å². The van der Waals surface area contributed by atoms with E-state index in [1.165, 1.54) is 29.3 Å². The molecule has 0 saturated heterocycles. The number of fused-ring (bicyclic) bond motifs is 1. The second-order valence-corrected chi connectivity index (χ2v) is 6.55. The fourth-order valence-corrected chi connectivity index (χ4v) is 3.05. The molecule has 0 aliphatic heterocycles. The van der Waals surface area contributed by atoms with Crippen molar-refractivity contribution in [2.45, 2.75) is 19.1 Å². The predicted octanol–water partition coefficient (Wildman–Crippen LogP) is 4.47. The molecule has 1 aromatic carbocycles. The maximum Gasteiger partial charge on any atom is 0.420 e. The molecule has 0 unspecified atom stereocenters. The van der Waals surface area contributed by atoms with Crippen LogP contribution in [-0.2, 0) is 23.9 Å². The zero-order chi connectivity index (χ0) is 20.4. The first kappa shape index (κ1) is 18.8. The van der Waals surface area contributed by atoms with Crippen LogP contribution in [0, 0.1) is 0 Å². The molecule has 4 aromatic rings. The van der Waals surface area contributed by atoms with Gasteiger partial charge in [0, 0.05) is 30.1 Å². The van der Waals surface area contributed by atoms with Crippen molar-refractivity contribution < 1.29 is 22.4 Å². The highest BCUT2D eigenvalue weighted by Gasteiger charge is 2.35. The number of nitrogens with zero attached hydrogens (tertiary/aromatic N) is 2. The SMILES string of the molecule is O=C(Cc1cn2cc(-c3ccoc3)cc(C(F)(F)F)c2n1)NCc1ccccc1. The van der Waals surface area contributed by atoms with Crippen LogP contribution in [0.1, 0.15) is 16.8 Å². The molecule has 0 atom stereocenters. The molecule has 4 rings (SSSR count). The van der Waals surface area contributed by atoms with Crippen LogP contribution in [0.15, 0.2) is 71.8 Å². The molecule has 5 nitrogen and oxygen atoms in total. The van der Waals surface area contributed by atoms with Crippen molar-refractivity contribution in [3.63, 3.8) is 0 Å². The number of halogens is 3. The fraction of sp³-hybridized carbons (Fsp3) is 0.143. The number of imidazole rings is 1. The Morgan fingerprint density at radius 3 is 2.59 bits per heavy atom. The van der Waals surface area contributed by atoms with Crippen LogP contribution in [0.3, 0.4) is 0 Å². The van der Waals surface area contributed by atoms with Crippen LogP contribution in [0.2, 0.25) is 0 Å². The second-order valence-electron chi connectivity index (χ2n) is 6.55. The molecule has 0 bridgehead atoms. The molecular weight excluding hydrogens is 383 g/mol. The van der Waals surface area contributed by atoms with Crippen LogP contribution in [-0.4, -0.2) is 15.3 Å². The van der Waals surface area contributed by atoms with Crippen LogP contribution in [0.4, 0.5) is 13.2 Å². The molecule has 1 amide bonds. The summed E-state index contributed by atoms with van der Waals surface area (Å²) in [5.74, 6) is -0.319. The number of pyridine rings is 1. The van der Waals surface area contributed by atoms with Gasteiger partial charge in [0.15, 0.2) is 0 Å². The third-order valence-corrected chi connectivity index (χ3v) is 4.44. The summed E-state index contributed by atoms with van der Waals surface area (Å²) in [5, 5.41) is 2.75. The quantitative estimate of drug-likeness (QED) is 0.539. The Labute approximate surface area is 163 Å². The molecule has 1 N–H and O–H groups in total. The average Bonchev–Trinajstić information content (AvgIpc) is 3.35. The highest BCUT2D eigenvalue weighted by Crippen LogP contribution is 2.35. The highest BCUT2D eigenvalue weighted by atomic mass is 19.4. The van der Waals surface area contributed by atoms with Crippen molar-refractivity contribution in [2.75, 3.05) is 0 Å². The van der Waals surface area contributed by atoms with E-state index in [1.807, 2.05) is 30.3 Å². The maximum atomic E-state index is 13.6. The summed E-state index contributed by atoms with van der Waals surface area (Å²) >= 11 is 0. The Morgan fingerprint density at radius 1 is 1.10 bits per heavy atom. The number of hydrogen-bond acceptors (Lipinski definition) is 3. The van der Waals surface area contributed by atoms with Gasteiger partial charge >= 0.3 is 6.18 Å². The van der Waals surface area contributed by atoms with E-state index < -0.39 is 11.7 Å². The Kier molecular flexibility index (Phi) is 4.84. The molecule has 0 spiro atoms. The minimum Gasteiger partial charge on any atom is -0.472 e. The van der Waals surface area contributed by atoms with Crippen molar-refractivity contribution >= 4 is 11.6 Å². The molecule has 0 aliphatic carbocycles. The van der Waals surface area contributed by atoms with Crippen molar-refractivity contribution in [3.05, 3.63) is 84.2 Å². The van der Waals surface area contributed by atoms with Crippen LogP contribution < -0.4 is 5.32 Å². The van der Waals surface area contributed by atoms with Gasteiger partial charge < -0.3 is 14.1 Å². The van der Waals surface area contributed by atoms with Gasteiger partial charge in [-0.1, -0.05) is 30.3 Å². The van der Waals surface area contributed by atoms with E-state index in [0.29, 0.717) is 17.7 Å². The van der Waals surface area contributed by atoms with Crippen molar-refractivity contribution in [2.24, 2.45) is 0 Å². The van der Waals surface area contributed by atoms with Crippen LogP contribution >= 0.6 is 0 Å². The number of nitrogens with one attached hydrogen (secondary N) is 1. The number of furan rings is 1. The summed E-state index contributed by atoms with van der Waals surface area (Å²) in [4.78, 5) is 16.3. The first-order valence-electron chi connectivity index (χ1n) is 8.82. The maximum absolute atomic E-state index is 13.6. The number of aromatic nitrogens is 2. The van der Waals surface area contributed by atoms with Gasteiger partial charge in [-0.15, -0.1) is 0 Å². The summed E-state index contributed by atoms with van der Waals surface area (Å²) in [6.45, 7) is 0.339. The molecule has 0 fully saturated rings. The van der Waals surface area contributed by atoms with E-state index in [9.17, 15) is 18.0 Å². The molecule has 0 saturated carbocycles. The first-order chi connectivity index (χ1) is 13.9. The second kappa shape index (κ2) is 7.46. The summed E-state index contributed by atoms with van der Waals surface area (Å²) in [6.07, 6.45) is 1.04. The topological polar surface area (TPSA) is 59.5 Å². The number of carbonyl (C=O) groups excluding carboxylic acids is 1. The summed E-state index contributed by atoms with van der Waals surface area (Å²) in [7, 11) is 0. The molecule has 0 aliphatic rings. The summed E-state index contributed by atoms with van der Waals surface area (Å²) in [6, 6.07) is 12.0. The number of benzene rings is 1. The van der Waals surface area contributed by atoms with E-state index in [1.54, 1.807) is 6.07 Å². The van der Waals surface area contributed by atoms with Crippen molar-refractivity contribution in [3.8, 4) is 11.1 Å². The zero-order valence-electron chi connectivity index (χ0n) is 15.1. The van der Waals surface area contributed by atoms with Gasteiger partial charge in [-0.25, -0.2) is 4.98 Å². The lowest BCUT2D eigenvalue weighted by molar-refractivity contribution is -0.136. The highest BCUT2D eigenvalue weighted by molar-refractivity contribution is 5.78. The van der Waals surface area contributed by atoms with Gasteiger partial charge in [-0.05, 0) is 17.7 Å². The Hall–Kier alpha value is -3.55. The molecule has 3 heterocycles. The minimum atomic E-state index is -4.58. The lowest BCUT2D eigenvalue weighted by Crippen LogP contribution is -2.24. The van der Waals surface area contributed by atoms with Crippen molar-refractivity contribution in [1.29, 1.82) is 0 Å². The fourth-order valence-electron chi connectivity index (χ4n) is 3.05.